The Hall–Kier alpha value is 0. The molecule has 3 fully saturated rings. The lowest BCUT2D eigenvalue weighted by Crippen LogP contribution is -1.98. The van der Waals surface area contributed by atoms with Crippen LogP contribution in [0, 0.1) is 29.1 Å². The lowest BCUT2D eigenvalue weighted by molar-refractivity contribution is 0.416. The van der Waals surface area contributed by atoms with Gasteiger partial charge in [-0.05, 0) is 54.8 Å². The van der Waals surface area contributed by atoms with E-state index in [2.05, 4.69) is 13.8 Å². The van der Waals surface area contributed by atoms with Crippen LogP contribution in [-0.4, -0.2) is 0 Å². The molecule has 0 saturated heterocycles. The standard InChI is InChI=1S/C14H24/c1-3-5-10(2)8-11-9-14(11)12-6-4-7-13(12)14/h10-13H,3-9H2,1-2H3. The van der Waals surface area contributed by atoms with Gasteiger partial charge in [-0.3, -0.25) is 0 Å². The van der Waals surface area contributed by atoms with Crippen LogP contribution in [0.4, 0.5) is 0 Å². The minimum atomic E-state index is 0.959. The van der Waals surface area contributed by atoms with Crippen LogP contribution in [0.5, 0.6) is 0 Å². The first-order valence-corrected chi connectivity index (χ1v) is 6.79. The van der Waals surface area contributed by atoms with E-state index >= 15 is 0 Å². The van der Waals surface area contributed by atoms with Crippen molar-refractivity contribution in [2.24, 2.45) is 29.1 Å². The normalized spacial score (nSPS) is 50.6. The Labute approximate surface area is 88.5 Å². The van der Waals surface area contributed by atoms with Crippen molar-refractivity contribution in [1.82, 2.24) is 0 Å². The van der Waals surface area contributed by atoms with Crippen LogP contribution in [0.3, 0.4) is 0 Å². The number of hydrogen-bond acceptors (Lipinski definition) is 0. The minimum absolute atomic E-state index is 0.959. The van der Waals surface area contributed by atoms with Gasteiger partial charge in [-0.15, -0.1) is 0 Å². The Morgan fingerprint density at radius 3 is 2.64 bits per heavy atom. The van der Waals surface area contributed by atoms with E-state index in [1.165, 1.54) is 30.6 Å². The fraction of sp³-hybridized carbons (Fsp3) is 1.00. The molecule has 0 N–H and O–H groups in total. The van der Waals surface area contributed by atoms with E-state index in [1.54, 1.807) is 32.1 Å². The molecule has 0 heterocycles. The summed E-state index contributed by atoms with van der Waals surface area (Å²) in [5.41, 5.74) is 0.959. The molecule has 4 unspecified atom stereocenters. The third-order valence-electron chi connectivity index (χ3n) is 5.46. The molecule has 3 saturated carbocycles. The van der Waals surface area contributed by atoms with Gasteiger partial charge in [0.2, 0.25) is 0 Å². The van der Waals surface area contributed by atoms with E-state index in [-0.39, 0.29) is 0 Å². The lowest BCUT2D eigenvalue weighted by Gasteiger charge is -2.09. The van der Waals surface area contributed by atoms with Crippen molar-refractivity contribution in [1.29, 1.82) is 0 Å². The highest BCUT2D eigenvalue weighted by molar-refractivity contribution is 5.25. The summed E-state index contributed by atoms with van der Waals surface area (Å²) in [5, 5.41) is 0. The molecule has 0 bridgehead atoms. The van der Waals surface area contributed by atoms with Gasteiger partial charge in [-0.1, -0.05) is 33.1 Å². The molecule has 0 aliphatic heterocycles. The second-order valence-corrected chi connectivity index (χ2v) is 6.29. The van der Waals surface area contributed by atoms with Gasteiger partial charge in [0, 0.05) is 0 Å². The highest BCUT2D eigenvalue weighted by Gasteiger charge is 2.77. The van der Waals surface area contributed by atoms with Crippen molar-refractivity contribution in [3.8, 4) is 0 Å². The van der Waals surface area contributed by atoms with Crippen molar-refractivity contribution in [3.63, 3.8) is 0 Å². The third-order valence-corrected chi connectivity index (χ3v) is 5.46. The molecule has 0 amide bonds. The van der Waals surface area contributed by atoms with E-state index < -0.39 is 0 Å². The van der Waals surface area contributed by atoms with E-state index in [9.17, 15) is 0 Å². The van der Waals surface area contributed by atoms with Crippen molar-refractivity contribution in [2.75, 3.05) is 0 Å². The molecule has 3 rings (SSSR count). The molecule has 3 aliphatic rings. The maximum atomic E-state index is 2.47. The smallest absolute Gasteiger partial charge is 0.0204 e. The van der Waals surface area contributed by atoms with Crippen LogP contribution in [-0.2, 0) is 0 Å². The molecule has 0 aromatic carbocycles. The van der Waals surface area contributed by atoms with Crippen LogP contribution in [0.25, 0.3) is 0 Å². The Kier molecular flexibility index (Phi) is 1.98. The second-order valence-electron chi connectivity index (χ2n) is 6.29. The predicted octanol–water partition coefficient (Wildman–Crippen LogP) is 4.25. The van der Waals surface area contributed by atoms with Gasteiger partial charge >= 0.3 is 0 Å². The summed E-state index contributed by atoms with van der Waals surface area (Å²) in [7, 11) is 0. The largest absolute Gasteiger partial charge is 0.0654 e. The molecule has 14 heavy (non-hydrogen) atoms. The zero-order valence-electron chi connectivity index (χ0n) is 9.76. The summed E-state index contributed by atoms with van der Waals surface area (Å²) in [5.74, 6) is 4.59. The molecule has 0 heteroatoms. The Morgan fingerprint density at radius 2 is 2.00 bits per heavy atom. The van der Waals surface area contributed by atoms with E-state index in [1.807, 2.05) is 0 Å². The predicted molar refractivity (Wildman–Crippen MR) is 60.1 cm³/mol. The van der Waals surface area contributed by atoms with Crippen molar-refractivity contribution in [2.45, 2.75) is 58.8 Å². The van der Waals surface area contributed by atoms with Crippen molar-refractivity contribution >= 4 is 0 Å². The first-order valence-electron chi connectivity index (χ1n) is 6.79. The average Bonchev–Trinajstić information content (AvgIpc) is 2.91. The fourth-order valence-corrected chi connectivity index (χ4v) is 4.80. The fourth-order valence-electron chi connectivity index (χ4n) is 4.80. The quantitative estimate of drug-likeness (QED) is 0.624. The first kappa shape index (κ1) is 9.24. The maximum absolute atomic E-state index is 2.47. The molecule has 0 radical (unpaired) electrons. The monoisotopic (exact) mass is 192 g/mol. The highest BCUT2D eigenvalue weighted by Crippen LogP contribution is 2.84. The molecule has 4 atom stereocenters. The van der Waals surface area contributed by atoms with Gasteiger partial charge in [-0.25, -0.2) is 0 Å². The van der Waals surface area contributed by atoms with Crippen LogP contribution in [0.2, 0.25) is 0 Å². The average molecular weight is 192 g/mol. The molecule has 0 aromatic heterocycles. The summed E-state index contributed by atoms with van der Waals surface area (Å²) in [6.07, 6.45) is 10.7. The van der Waals surface area contributed by atoms with Gasteiger partial charge in [0.25, 0.3) is 0 Å². The summed E-state index contributed by atoms with van der Waals surface area (Å²) >= 11 is 0. The molecule has 1 spiro atoms. The Balaban J connectivity index is 1.50. The van der Waals surface area contributed by atoms with Crippen LogP contribution in [0.1, 0.15) is 58.8 Å². The van der Waals surface area contributed by atoms with E-state index in [0.29, 0.717) is 0 Å². The summed E-state index contributed by atoms with van der Waals surface area (Å²) in [4.78, 5) is 0. The molecular weight excluding hydrogens is 168 g/mol. The summed E-state index contributed by atoms with van der Waals surface area (Å²) < 4.78 is 0. The van der Waals surface area contributed by atoms with E-state index in [0.717, 1.165) is 11.3 Å². The van der Waals surface area contributed by atoms with Gasteiger partial charge in [0.1, 0.15) is 0 Å². The molecular formula is C14H24. The first-order chi connectivity index (χ1) is 6.79. The SMILES string of the molecule is CCCC(C)CC1CC12C1CCCC12. The van der Waals surface area contributed by atoms with Gasteiger partial charge < -0.3 is 0 Å². The summed E-state index contributed by atoms with van der Waals surface area (Å²) in [6.45, 7) is 4.79. The minimum Gasteiger partial charge on any atom is -0.0654 e. The van der Waals surface area contributed by atoms with Gasteiger partial charge in [-0.2, -0.15) is 0 Å². The number of hydrogen-bond donors (Lipinski definition) is 0. The lowest BCUT2D eigenvalue weighted by atomic mass is 9.96. The Morgan fingerprint density at radius 1 is 1.29 bits per heavy atom. The Bertz CT molecular complexity index is 220. The molecule has 0 aromatic rings. The second kappa shape index (κ2) is 3.00. The number of rotatable bonds is 4. The van der Waals surface area contributed by atoms with Gasteiger partial charge in [0.15, 0.2) is 0 Å². The topological polar surface area (TPSA) is 0 Å². The molecule has 80 valence electrons. The zero-order valence-corrected chi connectivity index (χ0v) is 9.76. The van der Waals surface area contributed by atoms with Gasteiger partial charge in [0.05, 0.1) is 0 Å². The van der Waals surface area contributed by atoms with Crippen molar-refractivity contribution in [3.05, 3.63) is 0 Å². The van der Waals surface area contributed by atoms with Crippen LogP contribution < -0.4 is 0 Å². The van der Waals surface area contributed by atoms with E-state index in [4.69, 9.17) is 0 Å². The molecule has 0 nitrogen and oxygen atoms in total. The highest BCUT2D eigenvalue weighted by atomic mass is 14.8. The zero-order chi connectivity index (χ0) is 9.76. The van der Waals surface area contributed by atoms with Crippen LogP contribution >= 0.6 is 0 Å². The van der Waals surface area contributed by atoms with Crippen molar-refractivity contribution < 1.29 is 0 Å². The van der Waals surface area contributed by atoms with Crippen LogP contribution in [0.15, 0.2) is 0 Å². The third kappa shape index (κ3) is 1.12. The molecule has 3 aliphatic carbocycles. The maximum Gasteiger partial charge on any atom is -0.0204 e. The summed E-state index contributed by atoms with van der Waals surface area (Å²) in [6, 6.07) is 0. The number of fused-ring (bicyclic) bond motifs is 3.